The van der Waals surface area contributed by atoms with Crippen LogP contribution in [0.25, 0.3) is 0 Å². The van der Waals surface area contributed by atoms with E-state index in [1.807, 2.05) is 13.8 Å². The Morgan fingerprint density at radius 2 is 2.00 bits per heavy atom. The van der Waals surface area contributed by atoms with Crippen molar-refractivity contribution in [3.8, 4) is 0 Å². The minimum Gasteiger partial charge on any atom is -0.298 e. The molecular formula is C8H12O. The molecule has 0 spiro atoms. The molecule has 0 radical (unpaired) electrons. The lowest BCUT2D eigenvalue weighted by Gasteiger charge is -2.17. The van der Waals surface area contributed by atoms with Crippen LogP contribution in [0.5, 0.6) is 0 Å². The van der Waals surface area contributed by atoms with Crippen LogP contribution in [0.1, 0.15) is 13.8 Å². The lowest BCUT2D eigenvalue weighted by molar-refractivity contribution is -0.105. The van der Waals surface area contributed by atoms with Gasteiger partial charge >= 0.3 is 0 Å². The van der Waals surface area contributed by atoms with Crippen molar-refractivity contribution in [3.63, 3.8) is 0 Å². The van der Waals surface area contributed by atoms with Crippen molar-refractivity contribution in [2.24, 2.45) is 5.41 Å². The van der Waals surface area contributed by atoms with Crippen molar-refractivity contribution in [3.05, 3.63) is 24.8 Å². The fourth-order valence-electron chi connectivity index (χ4n) is 0.283. The number of rotatable bonds is 3. The van der Waals surface area contributed by atoms with Gasteiger partial charge in [-0.15, -0.1) is 6.58 Å². The highest BCUT2D eigenvalue weighted by atomic mass is 16.1. The molecule has 0 aromatic carbocycles. The molecule has 0 aromatic heterocycles. The van der Waals surface area contributed by atoms with E-state index in [4.69, 9.17) is 0 Å². The Morgan fingerprint density at radius 3 is 2.11 bits per heavy atom. The van der Waals surface area contributed by atoms with Gasteiger partial charge in [-0.2, -0.15) is 0 Å². The topological polar surface area (TPSA) is 17.1 Å². The molecule has 0 N–H and O–H groups in total. The van der Waals surface area contributed by atoms with Gasteiger partial charge in [0, 0.05) is 5.41 Å². The van der Waals surface area contributed by atoms with E-state index in [0.29, 0.717) is 5.57 Å². The third kappa shape index (κ3) is 1.84. The van der Waals surface area contributed by atoms with E-state index < -0.39 is 0 Å². The average molecular weight is 124 g/mol. The monoisotopic (exact) mass is 124 g/mol. The van der Waals surface area contributed by atoms with Gasteiger partial charge in [-0.1, -0.05) is 26.5 Å². The zero-order valence-electron chi connectivity index (χ0n) is 5.98. The van der Waals surface area contributed by atoms with Crippen LogP contribution in [0.3, 0.4) is 0 Å². The molecule has 0 bridgehead atoms. The highest BCUT2D eigenvalue weighted by molar-refractivity contribution is 5.74. The summed E-state index contributed by atoms with van der Waals surface area (Å²) in [7, 11) is 0. The highest BCUT2D eigenvalue weighted by Crippen LogP contribution is 2.23. The van der Waals surface area contributed by atoms with Crippen molar-refractivity contribution in [1.82, 2.24) is 0 Å². The standard InChI is InChI=1S/C8H12O/c1-5-8(3,4)7(2)6-9/h5-6H,1-2H2,3-4H3. The van der Waals surface area contributed by atoms with Gasteiger partial charge in [-0.25, -0.2) is 0 Å². The molecule has 0 atom stereocenters. The predicted octanol–water partition coefficient (Wildman–Crippen LogP) is 1.95. The summed E-state index contributed by atoms with van der Waals surface area (Å²) >= 11 is 0. The normalized spacial score (nSPS) is 10.4. The van der Waals surface area contributed by atoms with Crippen molar-refractivity contribution in [1.29, 1.82) is 0 Å². The van der Waals surface area contributed by atoms with Crippen LogP contribution in [0, 0.1) is 5.41 Å². The van der Waals surface area contributed by atoms with Crippen LogP contribution in [-0.2, 0) is 4.79 Å². The first kappa shape index (κ1) is 8.15. The van der Waals surface area contributed by atoms with E-state index in [9.17, 15) is 4.79 Å². The van der Waals surface area contributed by atoms with Crippen LogP contribution < -0.4 is 0 Å². The third-order valence-corrected chi connectivity index (χ3v) is 1.48. The molecule has 0 saturated heterocycles. The maximum Gasteiger partial charge on any atom is 0.146 e. The second-order valence-electron chi connectivity index (χ2n) is 2.57. The lowest BCUT2D eigenvalue weighted by atomic mass is 9.86. The quantitative estimate of drug-likeness (QED) is 0.319. The van der Waals surface area contributed by atoms with Crippen LogP contribution in [0.2, 0.25) is 0 Å². The van der Waals surface area contributed by atoms with Gasteiger partial charge in [-0.05, 0) is 5.57 Å². The second kappa shape index (κ2) is 2.62. The van der Waals surface area contributed by atoms with Gasteiger partial charge < -0.3 is 0 Å². The van der Waals surface area contributed by atoms with Gasteiger partial charge in [0.15, 0.2) is 0 Å². The highest BCUT2D eigenvalue weighted by Gasteiger charge is 2.15. The Morgan fingerprint density at radius 1 is 1.56 bits per heavy atom. The number of carbonyl (C=O) groups is 1. The van der Waals surface area contributed by atoms with Crippen molar-refractivity contribution in [2.75, 3.05) is 0 Å². The molecule has 0 aliphatic heterocycles. The van der Waals surface area contributed by atoms with Crippen molar-refractivity contribution >= 4 is 6.29 Å². The molecule has 1 heteroatoms. The predicted molar refractivity (Wildman–Crippen MR) is 39.2 cm³/mol. The van der Waals surface area contributed by atoms with E-state index >= 15 is 0 Å². The third-order valence-electron chi connectivity index (χ3n) is 1.48. The molecule has 1 nitrogen and oxygen atoms in total. The first-order valence-corrected chi connectivity index (χ1v) is 2.82. The molecule has 0 rings (SSSR count). The average Bonchev–Trinajstić information content (AvgIpc) is 1.86. The minimum atomic E-state index is -0.248. The number of carbonyl (C=O) groups excluding carboxylic acids is 1. The molecule has 50 valence electrons. The molecule has 0 aliphatic rings. The molecule has 0 saturated carbocycles. The van der Waals surface area contributed by atoms with Gasteiger partial charge in [0.05, 0.1) is 0 Å². The van der Waals surface area contributed by atoms with Crippen LogP contribution in [0.15, 0.2) is 24.8 Å². The van der Waals surface area contributed by atoms with E-state index in [-0.39, 0.29) is 5.41 Å². The van der Waals surface area contributed by atoms with E-state index in [1.54, 1.807) is 6.08 Å². The van der Waals surface area contributed by atoms with Gasteiger partial charge in [0.25, 0.3) is 0 Å². The summed E-state index contributed by atoms with van der Waals surface area (Å²) in [5.74, 6) is 0. The first-order chi connectivity index (χ1) is 4.04. The summed E-state index contributed by atoms with van der Waals surface area (Å²) in [6, 6.07) is 0. The fourth-order valence-corrected chi connectivity index (χ4v) is 0.283. The molecule has 0 aliphatic carbocycles. The van der Waals surface area contributed by atoms with Gasteiger partial charge in [0.1, 0.15) is 6.29 Å². The molecule has 0 aromatic rings. The summed E-state index contributed by atoms with van der Waals surface area (Å²) in [6.07, 6.45) is 2.48. The number of allylic oxidation sites excluding steroid dienone is 2. The first-order valence-electron chi connectivity index (χ1n) is 2.82. The van der Waals surface area contributed by atoms with Crippen LogP contribution >= 0.6 is 0 Å². The number of hydrogen-bond donors (Lipinski definition) is 0. The van der Waals surface area contributed by atoms with E-state index in [2.05, 4.69) is 13.2 Å². The Kier molecular flexibility index (Phi) is 2.38. The van der Waals surface area contributed by atoms with Gasteiger partial charge in [0.2, 0.25) is 0 Å². The van der Waals surface area contributed by atoms with E-state index in [1.165, 1.54) is 0 Å². The summed E-state index contributed by atoms with van der Waals surface area (Å²) in [5.41, 5.74) is 0.319. The fraction of sp³-hybridized carbons (Fsp3) is 0.375. The molecular weight excluding hydrogens is 112 g/mol. The molecule has 0 unspecified atom stereocenters. The zero-order valence-corrected chi connectivity index (χ0v) is 5.98. The van der Waals surface area contributed by atoms with Crippen molar-refractivity contribution in [2.45, 2.75) is 13.8 Å². The Bertz CT molecular complexity index is 143. The smallest absolute Gasteiger partial charge is 0.146 e. The zero-order chi connectivity index (χ0) is 7.49. The van der Waals surface area contributed by atoms with Crippen molar-refractivity contribution < 1.29 is 4.79 Å². The maximum absolute atomic E-state index is 10.2. The summed E-state index contributed by atoms with van der Waals surface area (Å²) < 4.78 is 0. The molecule has 0 fully saturated rings. The lowest BCUT2D eigenvalue weighted by Crippen LogP contribution is -2.10. The number of hydrogen-bond acceptors (Lipinski definition) is 1. The minimum absolute atomic E-state index is 0.248. The molecule has 9 heavy (non-hydrogen) atoms. The number of aldehydes is 1. The van der Waals surface area contributed by atoms with E-state index in [0.717, 1.165) is 6.29 Å². The Hall–Kier alpha value is -0.850. The van der Waals surface area contributed by atoms with Crippen LogP contribution in [-0.4, -0.2) is 6.29 Å². The summed E-state index contributed by atoms with van der Waals surface area (Å²) in [6.45, 7) is 11.0. The second-order valence-corrected chi connectivity index (χ2v) is 2.57. The molecule has 0 amide bonds. The summed E-state index contributed by atoms with van der Waals surface area (Å²) in [4.78, 5) is 10.2. The van der Waals surface area contributed by atoms with Crippen LogP contribution in [0.4, 0.5) is 0 Å². The summed E-state index contributed by atoms with van der Waals surface area (Å²) in [5, 5.41) is 0. The Balaban J connectivity index is 4.31. The largest absolute Gasteiger partial charge is 0.298 e. The Labute approximate surface area is 56.1 Å². The molecule has 0 heterocycles. The van der Waals surface area contributed by atoms with Gasteiger partial charge in [-0.3, -0.25) is 4.79 Å². The SMILES string of the molecule is C=CC(C)(C)C(=C)C=O. The maximum atomic E-state index is 10.2.